The molecule has 3 aromatic heterocycles. The number of aromatic nitrogens is 4. The molecule has 0 spiro atoms. The van der Waals surface area contributed by atoms with Crippen molar-refractivity contribution in [3.63, 3.8) is 0 Å². The van der Waals surface area contributed by atoms with Crippen LogP contribution in [0.1, 0.15) is 72.4 Å². The number of rotatable bonds is 4. The Morgan fingerprint density at radius 3 is 2.62 bits per heavy atom. The van der Waals surface area contributed by atoms with Crippen molar-refractivity contribution in [1.82, 2.24) is 24.8 Å². The maximum Gasteiger partial charge on any atom is 0.264 e. The minimum Gasteiger partial charge on any atom is -0.339 e. The van der Waals surface area contributed by atoms with Crippen LogP contribution >= 0.6 is 0 Å². The lowest BCUT2D eigenvalue weighted by Crippen LogP contribution is -2.38. The van der Waals surface area contributed by atoms with Gasteiger partial charge in [-0.15, -0.1) is 0 Å². The van der Waals surface area contributed by atoms with Crippen molar-refractivity contribution < 1.29 is 18.1 Å². The summed E-state index contributed by atoms with van der Waals surface area (Å²) in [4.78, 5) is 18.9. The summed E-state index contributed by atoms with van der Waals surface area (Å²) in [5, 5.41) is 8.29. The molecule has 0 N–H and O–H groups in total. The molecule has 9 heteroatoms. The predicted octanol–water partition coefficient (Wildman–Crippen LogP) is 4.27. The van der Waals surface area contributed by atoms with Crippen LogP contribution in [0.25, 0.3) is 11.1 Å². The highest BCUT2D eigenvalue weighted by atomic mass is 19.3. The van der Waals surface area contributed by atoms with Gasteiger partial charge in [0.25, 0.3) is 18.0 Å². The van der Waals surface area contributed by atoms with Crippen molar-refractivity contribution in [2.45, 2.75) is 52.0 Å². The zero-order valence-corrected chi connectivity index (χ0v) is 16.6. The molecule has 29 heavy (non-hydrogen) atoms. The number of fused-ring (bicyclic) bond motifs is 1. The Bertz CT molecular complexity index is 1030. The van der Waals surface area contributed by atoms with Crippen molar-refractivity contribution in [2.24, 2.45) is 0 Å². The summed E-state index contributed by atoms with van der Waals surface area (Å²) in [7, 11) is 0. The van der Waals surface area contributed by atoms with Gasteiger partial charge in [-0.25, -0.2) is 13.8 Å². The summed E-state index contributed by atoms with van der Waals surface area (Å²) in [6, 6.07) is 1.65. The van der Waals surface area contributed by atoms with Crippen LogP contribution in [0.15, 0.2) is 23.0 Å². The number of piperidine rings is 1. The van der Waals surface area contributed by atoms with Crippen LogP contribution < -0.4 is 0 Å². The highest BCUT2D eigenvalue weighted by molar-refractivity contribution is 5.93. The minimum absolute atomic E-state index is 0.00950. The second-order valence-corrected chi connectivity index (χ2v) is 7.75. The molecule has 0 saturated carbocycles. The van der Waals surface area contributed by atoms with E-state index in [0.717, 1.165) is 0 Å². The van der Waals surface area contributed by atoms with Crippen LogP contribution in [-0.4, -0.2) is 43.8 Å². The van der Waals surface area contributed by atoms with Gasteiger partial charge in [0.15, 0.2) is 0 Å². The molecule has 4 heterocycles. The summed E-state index contributed by atoms with van der Waals surface area (Å²) < 4.78 is 34.0. The number of pyridine rings is 1. The summed E-state index contributed by atoms with van der Waals surface area (Å²) >= 11 is 0. The Balaban J connectivity index is 1.50. The monoisotopic (exact) mass is 403 g/mol. The number of likely N-dealkylation sites (tertiary alicyclic amines) is 1. The van der Waals surface area contributed by atoms with E-state index in [4.69, 9.17) is 4.52 Å². The van der Waals surface area contributed by atoms with Crippen LogP contribution in [0.2, 0.25) is 0 Å². The van der Waals surface area contributed by atoms with E-state index >= 15 is 0 Å². The number of amides is 1. The van der Waals surface area contributed by atoms with Gasteiger partial charge in [-0.05, 0) is 39.7 Å². The van der Waals surface area contributed by atoms with Gasteiger partial charge in [-0.3, -0.25) is 9.48 Å². The number of aryl methyl sites for hydroxylation is 1. The lowest BCUT2D eigenvalue weighted by Gasteiger charge is -2.31. The first kappa shape index (κ1) is 19.5. The Kier molecular flexibility index (Phi) is 5.06. The van der Waals surface area contributed by atoms with E-state index < -0.39 is 6.43 Å². The van der Waals surface area contributed by atoms with Crippen LogP contribution in [0.4, 0.5) is 8.78 Å². The number of halogens is 2. The van der Waals surface area contributed by atoms with E-state index in [1.54, 1.807) is 28.9 Å². The molecule has 154 valence electrons. The minimum atomic E-state index is -2.63. The van der Waals surface area contributed by atoms with Crippen LogP contribution in [0, 0.1) is 6.92 Å². The fourth-order valence-electron chi connectivity index (χ4n) is 3.82. The van der Waals surface area contributed by atoms with Crippen molar-refractivity contribution in [3.8, 4) is 0 Å². The summed E-state index contributed by atoms with van der Waals surface area (Å²) in [6.07, 6.45) is 2.02. The standard InChI is InChI=1S/C20H23F2N5O2/c1-11(2)27-10-14(9-23-27)20(28)26-6-4-13(5-7-26)16-8-15(18(21)22)17-12(3)25-29-19(17)24-16/h8-11,13,18H,4-7H2,1-3H3. The van der Waals surface area contributed by atoms with Gasteiger partial charge in [-0.1, -0.05) is 5.16 Å². The highest BCUT2D eigenvalue weighted by Gasteiger charge is 2.28. The third kappa shape index (κ3) is 3.61. The van der Waals surface area contributed by atoms with E-state index in [9.17, 15) is 13.6 Å². The summed E-state index contributed by atoms with van der Waals surface area (Å²) in [6.45, 7) is 6.70. The largest absolute Gasteiger partial charge is 0.339 e. The van der Waals surface area contributed by atoms with Gasteiger partial charge in [0, 0.05) is 42.5 Å². The molecule has 0 bridgehead atoms. The fraction of sp³-hybridized carbons (Fsp3) is 0.500. The molecule has 4 rings (SSSR count). The summed E-state index contributed by atoms with van der Waals surface area (Å²) in [5.41, 5.74) is 1.60. The van der Waals surface area contributed by atoms with E-state index in [0.29, 0.717) is 48.3 Å². The topological polar surface area (TPSA) is 77.1 Å². The molecule has 1 saturated heterocycles. The first-order chi connectivity index (χ1) is 13.8. The second-order valence-electron chi connectivity index (χ2n) is 7.75. The number of carbonyl (C=O) groups excluding carboxylic acids is 1. The zero-order chi connectivity index (χ0) is 20.7. The Morgan fingerprint density at radius 1 is 1.28 bits per heavy atom. The maximum absolute atomic E-state index is 13.6. The van der Waals surface area contributed by atoms with Gasteiger partial charge in [0.2, 0.25) is 0 Å². The molecule has 3 aromatic rings. The number of hydrogen-bond donors (Lipinski definition) is 0. The number of carbonyl (C=O) groups is 1. The van der Waals surface area contributed by atoms with E-state index in [1.807, 2.05) is 13.8 Å². The van der Waals surface area contributed by atoms with E-state index in [2.05, 4.69) is 15.2 Å². The molecule has 1 aliphatic rings. The Morgan fingerprint density at radius 2 is 2.00 bits per heavy atom. The van der Waals surface area contributed by atoms with Crippen LogP contribution in [0.3, 0.4) is 0 Å². The second kappa shape index (κ2) is 7.53. The normalized spacial score (nSPS) is 15.8. The predicted molar refractivity (Wildman–Crippen MR) is 102 cm³/mol. The molecule has 0 aliphatic carbocycles. The number of alkyl halides is 2. The zero-order valence-electron chi connectivity index (χ0n) is 16.6. The van der Waals surface area contributed by atoms with Gasteiger partial charge in [-0.2, -0.15) is 5.10 Å². The molecule has 0 unspecified atom stereocenters. The SMILES string of the molecule is Cc1noc2nc(C3CCN(C(=O)c4cnn(C(C)C)c4)CC3)cc(C(F)F)c12. The molecule has 1 aliphatic heterocycles. The van der Waals surface area contributed by atoms with Gasteiger partial charge in [0.1, 0.15) is 0 Å². The van der Waals surface area contributed by atoms with Crippen molar-refractivity contribution in [1.29, 1.82) is 0 Å². The van der Waals surface area contributed by atoms with Crippen molar-refractivity contribution in [2.75, 3.05) is 13.1 Å². The van der Waals surface area contributed by atoms with E-state index in [-0.39, 0.29) is 29.1 Å². The van der Waals surface area contributed by atoms with Gasteiger partial charge in [0.05, 0.1) is 22.8 Å². The molecule has 0 aromatic carbocycles. The average molecular weight is 403 g/mol. The lowest BCUT2D eigenvalue weighted by atomic mass is 9.91. The quantitative estimate of drug-likeness (QED) is 0.650. The third-order valence-electron chi connectivity index (χ3n) is 5.48. The first-order valence-corrected chi connectivity index (χ1v) is 9.73. The molecule has 1 fully saturated rings. The maximum atomic E-state index is 13.6. The molecule has 0 atom stereocenters. The van der Waals surface area contributed by atoms with Crippen molar-refractivity contribution in [3.05, 3.63) is 41.0 Å². The van der Waals surface area contributed by atoms with Gasteiger partial charge >= 0.3 is 0 Å². The molecule has 7 nitrogen and oxygen atoms in total. The molecule has 0 radical (unpaired) electrons. The van der Waals surface area contributed by atoms with Crippen LogP contribution in [0.5, 0.6) is 0 Å². The molecule has 1 amide bonds. The third-order valence-corrected chi connectivity index (χ3v) is 5.48. The van der Waals surface area contributed by atoms with Crippen molar-refractivity contribution >= 4 is 17.0 Å². The average Bonchev–Trinajstić information content (AvgIpc) is 3.34. The smallest absolute Gasteiger partial charge is 0.264 e. The van der Waals surface area contributed by atoms with Crippen LogP contribution in [-0.2, 0) is 0 Å². The highest BCUT2D eigenvalue weighted by Crippen LogP contribution is 2.35. The van der Waals surface area contributed by atoms with E-state index in [1.165, 1.54) is 6.07 Å². The number of nitrogens with zero attached hydrogens (tertiary/aromatic N) is 5. The Labute approximate surface area is 166 Å². The van der Waals surface area contributed by atoms with Gasteiger partial charge < -0.3 is 9.42 Å². The molecular weight excluding hydrogens is 380 g/mol. The molecular formula is C20H23F2N5O2. The summed E-state index contributed by atoms with van der Waals surface area (Å²) in [5.74, 6) is -0.0670. The number of hydrogen-bond acceptors (Lipinski definition) is 5. The Hall–Kier alpha value is -2.84. The lowest BCUT2D eigenvalue weighted by molar-refractivity contribution is 0.0712. The first-order valence-electron chi connectivity index (χ1n) is 9.73. The fourth-order valence-corrected chi connectivity index (χ4v) is 3.82.